The van der Waals surface area contributed by atoms with Gasteiger partial charge < -0.3 is 10.5 Å². The molecule has 34 heavy (non-hydrogen) atoms. The first kappa shape index (κ1) is 23.3. The highest BCUT2D eigenvalue weighted by Gasteiger charge is 2.24. The first-order valence-electron chi connectivity index (χ1n) is 9.94. The van der Waals surface area contributed by atoms with Crippen LogP contribution in [0, 0.1) is 0 Å². The quantitative estimate of drug-likeness (QED) is 0.201. The molecule has 0 unspecified atom stereocenters. The van der Waals surface area contributed by atoms with Gasteiger partial charge in [0.05, 0.1) is 11.4 Å². The highest BCUT2D eigenvalue weighted by molar-refractivity contribution is 7.98. The average Bonchev–Trinajstić information content (AvgIpc) is 3.47. The number of halogens is 1. The Morgan fingerprint density at radius 3 is 2.68 bits per heavy atom. The predicted molar refractivity (Wildman–Crippen MR) is 127 cm³/mol. The van der Waals surface area contributed by atoms with E-state index in [4.69, 9.17) is 22.1 Å². The first-order valence-corrected chi connectivity index (χ1v) is 11.3. The Kier molecular flexibility index (Phi) is 7.40. The molecule has 0 atom stereocenters. The van der Waals surface area contributed by atoms with Gasteiger partial charge in [-0.3, -0.25) is 4.79 Å². The molecule has 1 amide bonds. The second-order valence-corrected chi connectivity index (χ2v) is 8.39. The summed E-state index contributed by atoms with van der Waals surface area (Å²) < 4.78 is 11.6. The Labute approximate surface area is 203 Å². The summed E-state index contributed by atoms with van der Waals surface area (Å²) in [4.78, 5) is 13.8. The van der Waals surface area contributed by atoms with E-state index in [0.717, 1.165) is 4.90 Å². The monoisotopic (exact) mass is 498 g/mol. The zero-order chi connectivity index (χ0) is 23.9. The molecular weight excluding hydrogens is 480 g/mol. The van der Waals surface area contributed by atoms with Crippen LogP contribution in [-0.2, 0) is 5.75 Å². The predicted octanol–water partition coefficient (Wildman–Crippen LogP) is 3.36. The van der Waals surface area contributed by atoms with Gasteiger partial charge in [-0.1, -0.05) is 35.0 Å². The van der Waals surface area contributed by atoms with E-state index in [9.17, 15) is 4.79 Å². The number of aromatic nitrogens is 5. The number of hydrazone groups is 1. The van der Waals surface area contributed by atoms with Crippen LogP contribution in [0.4, 0.5) is 5.82 Å². The fourth-order valence-corrected chi connectivity index (χ4v) is 3.75. The van der Waals surface area contributed by atoms with Crippen LogP contribution in [0.25, 0.3) is 5.82 Å². The van der Waals surface area contributed by atoms with Gasteiger partial charge in [-0.25, -0.2) is 10.1 Å². The van der Waals surface area contributed by atoms with E-state index in [1.54, 1.807) is 19.1 Å². The van der Waals surface area contributed by atoms with Gasteiger partial charge in [-0.05, 0) is 53.6 Å². The number of rotatable bonds is 9. The van der Waals surface area contributed by atoms with E-state index >= 15 is 0 Å². The number of anilines is 1. The number of ether oxygens (including phenoxy) is 1. The standard InChI is InChI=1S/C21H19ClN8O3S/c1-13(11-32-15-5-3-2-4-6-15)24-26-21(31)18-17(12-34-16-9-7-14(22)8-10-16)30(29-25-18)20-19(23)27-33-28-20/h2-10H,11-12H2,1H3,(H2,23,27)(H,26,31)/b24-13+. The molecule has 0 saturated carbocycles. The number of nitrogen functional groups attached to an aromatic ring is 1. The van der Waals surface area contributed by atoms with E-state index in [-0.39, 0.29) is 23.9 Å². The van der Waals surface area contributed by atoms with Gasteiger partial charge in [0.15, 0.2) is 5.69 Å². The minimum Gasteiger partial charge on any atom is -0.488 e. The number of carbonyl (C=O) groups is 1. The zero-order valence-electron chi connectivity index (χ0n) is 17.9. The Morgan fingerprint density at radius 2 is 1.97 bits per heavy atom. The molecule has 4 rings (SSSR count). The molecule has 0 spiro atoms. The van der Waals surface area contributed by atoms with Gasteiger partial charge in [0.2, 0.25) is 11.6 Å². The molecule has 4 aromatic rings. The normalized spacial score (nSPS) is 11.4. The fourth-order valence-electron chi connectivity index (χ4n) is 2.73. The summed E-state index contributed by atoms with van der Waals surface area (Å²) in [5, 5.41) is 20.1. The maximum Gasteiger partial charge on any atom is 0.293 e. The van der Waals surface area contributed by atoms with Crippen LogP contribution < -0.4 is 15.9 Å². The van der Waals surface area contributed by atoms with Crippen LogP contribution in [-0.4, -0.2) is 43.5 Å². The summed E-state index contributed by atoms with van der Waals surface area (Å²) in [5.41, 5.74) is 9.37. The molecule has 11 nitrogen and oxygen atoms in total. The minimum atomic E-state index is -0.549. The highest BCUT2D eigenvalue weighted by atomic mass is 35.5. The van der Waals surface area contributed by atoms with Crippen molar-refractivity contribution in [2.24, 2.45) is 5.10 Å². The third-order valence-corrected chi connectivity index (χ3v) is 5.68. The van der Waals surface area contributed by atoms with Crippen LogP contribution in [0.1, 0.15) is 23.1 Å². The molecule has 174 valence electrons. The van der Waals surface area contributed by atoms with E-state index in [1.807, 2.05) is 42.5 Å². The van der Waals surface area contributed by atoms with Gasteiger partial charge in [-0.15, -0.1) is 16.9 Å². The van der Waals surface area contributed by atoms with Crippen molar-refractivity contribution in [1.82, 2.24) is 30.7 Å². The largest absolute Gasteiger partial charge is 0.488 e. The Morgan fingerprint density at radius 1 is 1.21 bits per heavy atom. The second-order valence-electron chi connectivity index (χ2n) is 6.90. The first-order chi connectivity index (χ1) is 16.5. The molecule has 0 radical (unpaired) electrons. The maximum absolute atomic E-state index is 12.9. The fraction of sp³-hybridized carbons (Fsp3) is 0.143. The third kappa shape index (κ3) is 5.71. The summed E-state index contributed by atoms with van der Waals surface area (Å²) in [5.74, 6) is 0.623. The molecule has 0 aliphatic rings. The van der Waals surface area contributed by atoms with Crippen LogP contribution >= 0.6 is 23.4 Å². The van der Waals surface area contributed by atoms with E-state index < -0.39 is 5.91 Å². The van der Waals surface area contributed by atoms with Crippen LogP contribution in [0.5, 0.6) is 5.75 Å². The van der Waals surface area contributed by atoms with Crippen LogP contribution in [0.3, 0.4) is 0 Å². The minimum absolute atomic E-state index is 0.0153. The molecule has 0 saturated heterocycles. The molecule has 2 aromatic carbocycles. The Bertz CT molecular complexity index is 1290. The lowest BCUT2D eigenvalue weighted by molar-refractivity contribution is 0.0949. The van der Waals surface area contributed by atoms with Crippen molar-refractivity contribution in [1.29, 1.82) is 0 Å². The van der Waals surface area contributed by atoms with E-state index in [1.165, 1.54) is 16.4 Å². The topological polar surface area (TPSA) is 146 Å². The number of para-hydroxylation sites is 1. The number of nitrogens with one attached hydrogen (secondary N) is 1. The summed E-state index contributed by atoms with van der Waals surface area (Å²) in [7, 11) is 0. The van der Waals surface area contributed by atoms with Crippen LogP contribution in [0.15, 0.2) is 69.2 Å². The van der Waals surface area contributed by atoms with Gasteiger partial charge in [0.1, 0.15) is 12.4 Å². The lowest BCUT2D eigenvalue weighted by Crippen LogP contribution is -2.23. The van der Waals surface area contributed by atoms with Crippen molar-refractivity contribution in [3.63, 3.8) is 0 Å². The lowest BCUT2D eigenvalue weighted by atomic mass is 10.3. The molecule has 2 aromatic heterocycles. The number of nitrogens with zero attached hydrogens (tertiary/aromatic N) is 6. The maximum atomic E-state index is 12.9. The molecule has 2 heterocycles. The van der Waals surface area contributed by atoms with E-state index in [0.29, 0.717) is 27.9 Å². The van der Waals surface area contributed by atoms with Crippen LogP contribution in [0.2, 0.25) is 5.02 Å². The molecule has 0 bridgehead atoms. The van der Waals surface area contributed by atoms with Crippen molar-refractivity contribution in [2.45, 2.75) is 17.6 Å². The van der Waals surface area contributed by atoms with Crippen molar-refractivity contribution in [2.75, 3.05) is 12.3 Å². The molecule has 13 heteroatoms. The van der Waals surface area contributed by atoms with Gasteiger partial charge >= 0.3 is 0 Å². The SMILES string of the molecule is C/C(COc1ccccc1)=N\NC(=O)c1nnn(-c2nonc2N)c1CSc1ccc(Cl)cc1. The van der Waals surface area contributed by atoms with Gasteiger partial charge in [-0.2, -0.15) is 9.78 Å². The summed E-state index contributed by atoms with van der Waals surface area (Å²) >= 11 is 7.41. The zero-order valence-corrected chi connectivity index (χ0v) is 19.5. The number of hydrogen-bond donors (Lipinski definition) is 2. The second kappa shape index (κ2) is 10.8. The number of carbonyl (C=O) groups excluding carboxylic acids is 1. The van der Waals surface area contributed by atoms with Crippen molar-refractivity contribution >= 4 is 40.8 Å². The van der Waals surface area contributed by atoms with Crippen molar-refractivity contribution < 1.29 is 14.2 Å². The summed E-state index contributed by atoms with van der Waals surface area (Å²) in [6, 6.07) is 16.6. The molecule has 0 aliphatic carbocycles. The molecule has 0 aliphatic heterocycles. The summed E-state index contributed by atoms with van der Waals surface area (Å²) in [6.07, 6.45) is 0. The van der Waals surface area contributed by atoms with Gasteiger partial charge in [0, 0.05) is 15.7 Å². The number of hydrogen-bond acceptors (Lipinski definition) is 10. The summed E-state index contributed by atoms with van der Waals surface area (Å²) in [6.45, 7) is 1.94. The number of thioether (sulfide) groups is 1. The molecule has 0 fully saturated rings. The van der Waals surface area contributed by atoms with Gasteiger partial charge in [0.25, 0.3) is 5.91 Å². The highest BCUT2D eigenvalue weighted by Crippen LogP contribution is 2.27. The van der Waals surface area contributed by atoms with Crippen molar-refractivity contribution in [3.8, 4) is 11.6 Å². The third-order valence-electron chi connectivity index (χ3n) is 4.40. The Hall–Kier alpha value is -3.90. The Balaban J connectivity index is 1.50. The number of amides is 1. The average molecular weight is 499 g/mol. The number of nitrogens with two attached hydrogens (primary N) is 1. The molecular formula is C21H19ClN8O3S. The number of benzene rings is 2. The lowest BCUT2D eigenvalue weighted by Gasteiger charge is -2.07. The molecule has 3 N–H and O–H groups in total. The van der Waals surface area contributed by atoms with E-state index in [2.05, 4.69) is 35.8 Å². The van der Waals surface area contributed by atoms with Crippen molar-refractivity contribution in [3.05, 3.63) is 71.0 Å². The smallest absolute Gasteiger partial charge is 0.293 e.